The van der Waals surface area contributed by atoms with E-state index in [4.69, 9.17) is 10.00 Å². The van der Waals surface area contributed by atoms with Crippen molar-refractivity contribution in [3.8, 4) is 17.7 Å². The van der Waals surface area contributed by atoms with Gasteiger partial charge < -0.3 is 15.0 Å². The highest BCUT2D eigenvalue weighted by Crippen LogP contribution is 2.43. The van der Waals surface area contributed by atoms with Gasteiger partial charge in [0.25, 0.3) is 0 Å². The Morgan fingerprint density at radius 2 is 1.80 bits per heavy atom. The maximum atomic E-state index is 8.97. The van der Waals surface area contributed by atoms with Crippen molar-refractivity contribution >= 4 is 22.7 Å². The Hall–Kier alpha value is -3.85. The Balaban J connectivity index is 1.49. The molecule has 0 unspecified atom stereocenters. The molecule has 2 aromatic heterocycles. The number of fused-ring (bicyclic) bond motifs is 1. The Morgan fingerprint density at radius 1 is 1.07 bits per heavy atom. The van der Waals surface area contributed by atoms with E-state index in [2.05, 4.69) is 52.3 Å². The summed E-state index contributed by atoms with van der Waals surface area (Å²) in [5, 5.41) is 12.2. The number of hydrogen-bond acceptors (Lipinski definition) is 5. The van der Waals surface area contributed by atoms with Gasteiger partial charge in [-0.1, -0.05) is 12.1 Å². The fourth-order valence-electron chi connectivity index (χ4n) is 3.70. The molecule has 2 aromatic carbocycles. The summed E-state index contributed by atoms with van der Waals surface area (Å²) in [5.74, 6) is 2.45. The second kappa shape index (κ2) is 7.20. The molecule has 0 spiro atoms. The second-order valence-electron chi connectivity index (χ2n) is 7.76. The van der Waals surface area contributed by atoms with Crippen LogP contribution in [0.3, 0.4) is 0 Å². The van der Waals surface area contributed by atoms with Crippen LogP contribution in [0.25, 0.3) is 11.0 Å². The molecule has 2 N–H and O–H groups in total. The summed E-state index contributed by atoms with van der Waals surface area (Å²) in [6, 6.07) is 15.6. The predicted octanol–water partition coefficient (Wildman–Crippen LogP) is 5.86. The second-order valence-corrected chi connectivity index (χ2v) is 7.76. The molecule has 1 fully saturated rings. The van der Waals surface area contributed by atoms with E-state index in [1.54, 1.807) is 12.1 Å². The maximum absolute atomic E-state index is 8.97. The molecule has 1 aliphatic rings. The number of nitriles is 1. The third-order valence-electron chi connectivity index (χ3n) is 5.37. The monoisotopic (exact) mass is 395 g/mol. The molecule has 0 saturated heterocycles. The molecule has 6 nitrogen and oxygen atoms in total. The van der Waals surface area contributed by atoms with Gasteiger partial charge in [0.2, 0.25) is 11.8 Å². The molecular formula is C24H21N5O. The number of aromatic nitrogens is 3. The third-order valence-corrected chi connectivity index (χ3v) is 5.37. The van der Waals surface area contributed by atoms with Gasteiger partial charge in [-0.15, -0.1) is 0 Å². The van der Waals surface area contributed by atoms with Crippen LogP contribution in [0.1, 0.15) is 41.0 Å². The lowest BCUT2D eigenvalue weighted by molar-refractivity contribution is 0.460. The standard InChI is InChI=1S/C24H21N5O/c1-14-11-18(17-5-6-17)12-15(2)22(14)30-23-21-20(9-10-26-21)28-24(29-23)27-19-7-3-16(13-25)4-8-19/h3-4,7-12,17,26H,5-6H2,1-2H3,(H,27,28,29). The van der Waals surface area contributed by atoms with E-state index >= 15 is 0 Å². The van der Waals surface area contributed by atoms with Crippen molar-refractivity contribution in [2.45, 2.75) is 32.6 Å². The summed E-state index contributed by atoms with van der Waals surface area (Å²) >= 11 is 0. The van der Waals surface area contributed by atoms with Gasteiger partial charge >= 0.3 is 0 Å². The van der Waals surface area contributed by atoms with Crippen LogP contribution in [0.4, 0.5) is 11.6 Å². The van der Waals surface area contributed by atoms with Gasteiger partial charge in [0.1, 0.15) is 11.3 Å². The van der Waals surface area contributed by atoms with Crippen molar-refractivity contribution in [1.82, 2.24) is 15.0 Å². The summed E-state index contributed by atoms with van der Waals surface area (Å²) in [7, 11) is 0. The maximum Gasteiger partial charge on any atom is 0.248 e. The van der Waals surface area contributed by atoms with Crippen molar-refractivity contribution in [3.05, 3.63) is 70.9 Å². The topological polar surface area (TPSA) is 86.6 Å². The minimum atomic E-state index is 0.437. The molecule has 148 valence electrons. The minimum Gasteiger partial charge on any atom is -0.436 e. The van der Waals surface area contributed by atoms with E-state index in [0.29, 0.717) is 23.3 Å². The van der Waals surface area contributed by atoms with Crippen molar-refractivity contribution in [1.29, 1.82) is 5.26 Å². The predicted molar refractivity (Wildman–Crippen MR) is 116 cm³/mol. The zero-order chi connectivity index (χ0) is 20.7. The van der Waals surface area contributed by atoms with Crippen LogP contribution in [-0.2, 0) is 0 Å². The van der Waals surface area contributed by atoms with Crippen molar-refractivity contribution in [2.75, 3.05) is 5.32 Å². The van der Waals surface area contributed by atoms with Crippen molar-refractivity contribution in [2.24, 2.45) is 0 Å². The molecule has 5 rings (SSSR count). The number of aryl methyl sites for hydroxylation is 2. The van der Waals surface area contributed by atoms with E-state index in [1.165, 1.54) is 18.4 Å². The Bertz CT molecular complexity index is 1260. The first-order chi connectivity index (χ1) is 14.6. The molecule has 30 heavy (non-hydrogen) atoms. The van der Waals surface area contributed by atoms with Gasteiger partial charge in [0, 0.05) is 11.9 Å². The minimum absolute atomic E-state index is 0.437. The quantitative estimate of drug-likeness (QED) is 0.442. The highest BCUT2D eigenvalue weighted by atomic mass is 16.5. The largest absolute Gasteiger partial charge is 0.436 e. The molecule has 0 aliphatic heterocycles. The first-order valence-electron chi connectivity index (χ1n) is 10.0. The van der Waals surface area contributed by atoms with Crippen LogP contribution in [-0.4, -0.2) is 15.0 Å². The van der Waals surface area contributed by atoms with Gasteiger partial charge in [-0.25, -0.2) is 4.98 Å². The highest BCUT2D eigenvalue weighted by Gasteiger charge is 2.25. The Labute approximate surface area is 174 Å². The summed E-state index contributed by atoms with van der Waals surface area (Å²) in [6.45, 7) is 4.16. The number of anilines is 2. The Morgan fingerprint density at radius 3 is 2.47 bits per heavy atom. The smallest absolute Gasteiger partial charge is 0.248 e. The van der Waals surface area contributed by atoms with Crippen LogP contribution >= 0.6 is 0 Å². The number of ether oxygens (including phenoxy) is 1. The zero-order valence-corrected chi connectivity index (χ0v) is 16.9. The van der Waals surface area contributed by atoms with E-state index in [0.717, 1.165) is 33.6 Å². The summed E-state index contributed by atoms with van der Waals surface area (Å²) in [5.41, 5.74) is 6.54. The fourth-order valence-corrected chi connectivity index (χ4v) is 3.70. The lowest BCUT2D eigenvalue weighted by Gasteiger charge is -2.14. The number of benzene rings is 2. The molecule has 1 aliphatic carbocycles. The third kappa shape index (κ3) is 3.46. The summed E-state index contributed by atoms with van der Waals surface area (Å²) in [4.78, 5) is 12.4. The highest BCUT2D eigenvalue weighted by molar-refractivity contribution is 5.82. The zero-order valence-electron chi connectivity index (χ0n) is 16.9. The van der Waals surface area contributed by atoms with Crippen LogP contribution < -0.4 is 10.1 Å². The van der Waals surface area contributed by atoms with Gasteiger partial charge in [0.05, 0.1) is 17.1 Å². The number of aromatic amines is 1. The summed E-state index contributed by atoms with van der Waals surface area (Å²) in [6.07, 6.45) is 4.38. The molecular weight excluding hydrogens is 374 g/mol. The number of H-pyrrole nitrogens is 1. The van der Waals surface area contributed by atoms with Crippen LogP contribution in [0, 0.1) is 25.2 Å². The van der Waals surface area contributed by atoms with Crippen LogP contribution in [0.2, 0.25) is 0 Å². The average molecular weight is 395 g/mol. The van der Waals surface area contributed by atoms with Crippen molar-refractivity contribution in [3.63, 3.8) is 0 Å². The first-order valence-corrected chi connectivity index (χ1v) is 10.0. The van der Waals surface area contributed by atoms with E-state index < -0.39 is 0 Å². The molecule has 1 saturated carbocycles. The number of rotatable bonds is 5. The van der Waals surface area contributed by atoms with Crippen molar-refractivity contribution < 1.29 is 4.74 Å². The first kappa shape index (κ1) is 18.2. The molecule has 0 amide bonds. The lowest BCUT2D eigenvalue weighted by Crippen LogP contribution is -2.01. The van der Waals surface area contributed by atoms with E-state index in [1.807, 2.05) is 24.4 Å². The Kier molecular flexibility index (Phi) is 4.36. The van der Waals surface area contributed by atoms with E-state index in [9.17, 15) is 0 Å². The van der Waals surface area contributed by atoms with E-state index in [-0.39, 0.29) is 0 Å². The molecule has 4 aromatic rings. The van der Waals surface area contributed by atoms with Gasteiger partial charge in [0.15, 0.2) is 0 Å². The molecule has 0 bridgehead atoms. The number of nitrogens with one attached hydrogen (secondary N) is 2. The van der Waals surface area contributed by atoms with Crippen LogP contribution in [0.15, 0.2) is 48.7 Å². The SMILES string of the molecule is Cc1cc(C2CC2)cc(C)c1Oc1nc(Nc2ccc(C#N)cc2)nc2cc[nH]c12. The normalized spacial score (nSPS) is 13.2. The van der Waals surface area contributed by atoms with Crippen LogP contribution in [0.5, 0.6) is 11.6 Å². The number of nitrogens with zero attached hydrogens (tertiary/aromatic N) is 3. The van der Waals surface area contributed by atoms with Gasteiger partial charge in [-0.05, 0) is 79.6 Å². The summed E-state index contributed by atoms with van der Waals surface area (Å²) < 4.78 is 6.32. The molecule has 2 heterocycles. The molecule has 0 atom stereocenters. The van der Waals surface area contributed by atoms with Gasteiger partial charge in [-0.3, -0.25) is 0 Å². The van der Waals surface area contributed by atoms with Gasteiger partial charge in [-0.2, -0.15) is 10.2 Å². The lowest BCUT2D eigenvalue weighted by atomic mass is 10.0. The molecule has 6 heteroatoms. The average Bonchev–Trinajstić information content (AvgIpc) is 3.49. The molecule has 0 radical (unpaired) electrons. The fraction of sp³-hybridized carbons (Fsp3) is 0.208. The number of hydrogen-bond donors (Lipinski definition) is 2.